The average molecular weight is 367 g/mol. The topological polar surface area (TPSA) is 66.4 Å². The summed E-state index contributed by atoms with van der Waals surface area (Å²) in [6.07, 6.45) is 2.12. The number of halogens is 2. The van der Waals surface area contributed by atoms with E-state index in [4.69, 9.17) is 5.11 Å². The second kappa shape index (κ2) is 7.19. The number of aliphatic hydroxyl groups excluding tert-OH is 1. The molecule has 1 saturated carbocycles. The Morgan fingerprint density at radius 1 is 1.08 bits per heavy atom. The molecule has 0 saturated heterocycles. The van der Waals surface area contributed by atoms with Crippen molar-refractivity contribution < 1.29 is 22.3 Å². The number of benzene rings is 2. The fourth-order valence-electron chi connectivity index (χ4n) is 3.17. The first-order chi connectivity index (χ1) is 11.9. The second-order valence-corrected chi connectivity index (χ2v) is 8.04. The van der Waals surface area contributed by atoms with Crippen LogP contribution in [0.1, 0.15) is 19.3 Å². The maximum Gasteiger partial charge on any atom is 0.240 e. The Morgan fingerprint density at radius 2 is 1.80 bits per heavy atom. The van der Waals surface area contributed by atoms with Crippen molar-refractivity contribution >= 4 is 10.0 Å². The molecule has 0 radical (unpaired) electrons. The highest BCUT2D eigenvalue weighted by Crippen LogP contribution is 2.28. The maximum absolute atomic E-state index is 13.8. The van der Waals surface area contributed by atoms with Crippen molar-refractivity contribution in [1.82, 2.24) is 4.72 Å². The molecule has 2 N–H and O–H groups in total. The zero-order valence-corrected chi connectivity index (χ0v) is 14.3. The first-order valence-electron chi connectivity index (χ1n) is 8.08. The molecule has 0 aromatic heterocycles. The van der Waals surface area contributed by atoms with Gasteiger partial charge in [-0.3, -0.25) is 0 Å². The SMILES string of the molecule is O=S(=O)(N[C@@H]1CC[C@@H](CO)C1)c1ccc(-c2ccc(F)cc2F)cc1. The molecule has 0 bridgehead atoms. The predicted octanol–water partition coefficient (Wildman–Crippen LogP) is 3.07. The lowest BCUT2D eigenvalue weighted by molar-refractivity contribution is 0.228. The van der Waals surface area contributed by atoms with Crippen LogP contribution in [0.3, 0.4) is 0 Å². The van der Waals surface area contributed by atoms with E-state index in [1.165, 1.54) is 30.3 Å². The van der Waals surface area contributed by atoms with Gasteiger partial charge in [0, 0.05) is 24.3 Å². The Bertz CT molecular complexity index is 853. The highest BCUT2D eigenvalue weighted by atomic mass is 32.2. The van der Waals surface area contributed by atoms with Crippen LogP contribution in [0.4, 0.5) is 8.78 Å². The molecule has 134 valence electrons. The van der Waals surface area contributed by atoms with E-state index in [2.05, 4.69) is 4.72 Å². The van der Waals surface area contributed by atoms with Crippen LogP contribution >= 0.6 is 0 Å². The molecule has 2 aromatic rings. The lowest BCUT2D eigenvalue weighted by atomic mass is 10.1. The molecule has 0 unspecified atom stereocenters. The Kier molecular flexibility index (Phi) is 5.17. The summed E-state index contributed by atoms with van der Waals surface area (Å²) in [5.74, 6) is -1.23. The summed E-state index contributed by atoms with van der Waals surface area (Å²) in [6, 6.07) is 8.88. The van der Waals surface area contributed by atoms with Gasteiger partial charge in [-0.15, -0.1) is 0 Å². The maximum atomic E-state index is 13.8. The number of sulfonamides is 1. The van der Waals surface area contributed by atoms with Crippen LogP contribution in [-0.2, 0) is 10.0 Å². The molecule has 1 aliphatic carbocycles. The molecule has 0 aliphatic heterocycles. The average Bonchev–Trinajstić information content (AvgIpc) is 3.02. The van der Waals surface area contributed by atoms with Gasteiger partial charge in [0.1, 0.15) is 11.6 Å². The Morgan fingerprint density at radius 3 is 2.40 bits per heavy atom. The van der Waals surface area contributed by atoms with E-state index in [-0.39, 0.29) is 29.0 Å². The Labute approximate surface area is 145 Å². The van der Waals surface area contributed by atoms with Gasteiger partial charge in [-0.2, -0.15) is 0 Å². The van der Waals surface area contributed by atoms with Crippen molar-refractivity contribution in [1.29, 1.82) is 0 Å². The van der Waals surface area contributed by atoms with Crippen molar-refractivity contribution in [3.05, 3.63) is 54.1 Å². The first-order valence-corrected chi connectivity index (χ1v) is 9.56. The van der Waals surface area contributed by atoms with Crippen molar-refractivity contribution in [2.24, 2.45) is 5.92 Å². The lowest BCUT2D eigenvalue weighted by Gasteiger charge is -2.13. The monoisotopic (exact) mass is 367 g/mol. The van der Waals surface area contributed by atoms with Crippen LogP contribution in [0.25, 0.3) is 11.1 Å². The van der Waals surface area contributed by atoms with E-state index in [1.807, 2.05) is 0 Å². The Balaban J connectivity index is 1.77. The van der Waals surface area contributed by atoms with Gasteiger partial charge in [0.25, 0.3) is 0 Å². The second-order valence-electron chi connectivity index (χ2n) is 6.33. The Hall–Kier alpha value is -1.83. The summed E-state index contributed by atoms with van der Waals surface area (Å²) >= 11 is 0. The molecule has 0 amide bonds. The van der Waals surface area contributed by atoms with Crippen molar-refractivity contribution in [3.63, 3.8) is 0 Å². The van der Waals surface area contributed by atoms with Crippen LogP contribution < -0.4 is 4.72 Å². The molecule has 25 heavy (non-hydrogen) atoms. The fourth-order valence-corrected chi connectivity index (χ4v) is 4.46. The van der Waals surface area contributed by atoms with E-state index in [9.17, 15) is 17.2 Å². The molecular weight excluding hydrogens is 348 g/mol. The molecule has 7 heteroatoms. The van der Waals surface area contributed by atoms with E-state index < -0.39 is 21.7 Å². The number of hydrogen-bond donors (Lipinski definition) is 2. The third kappa shape index (κ3) is 4.05. The number of nitrogens with one attached hydrogen (secondary N) is 1. The van der Waals surface area contributed by atoms with E-state index in [0.29, 0.717) is 18.4 Å². The van der Waals surface area contributed by atoms with Crippen molar-refractivity contribution in [2.45, 2.75) is 30.2 Å². The quantitative estimate of drug-likeness (QED) is 0.854. The van der Waals surface area contributed by atoms with Gasteiger partial charge in [0.05, 0.1) is 4.90 Å². The summed E-state index contributed by atoms with van der Waals surface area (Å²) < 4.78 is 54.3. The van der Waals surface area contributed by atoms with Crippen LogP contribution in [0.2, 0.25) is 0 Å². The van der Waals surface area contributed by atoms with Gasteiger partial charge in [0.2, 0.25) is 10.0 Å². The molecule has 3 rings (SSSR count). The van der Waals surface area contributed by atoms with Crippen LogP contribution in [-0.4, -0.2) is 26.2 Å². The smallest absolute Gasteiger partial charge is 0.240 e. The van der Waals surface area contributed by atoms with Crippen molar-refractivity contribution in [3.8, 4) is 11.1 Å². The molecule has 0 heterocycles. The minimum atomic E-state index is -3.68. The normalized spacial score (nSPS) is 20.8. The van der Waals surface area contributed by atoms with Crippen LogP contribution in [0, 0.1) is 17.6 Å². The summed E-state index contributed by atoms with van der Waals surface area (Å²) in [5.41, 5.74) is 0.678. The van der Waals surface area contributed by atoms with E-state index in [1.54, 1.807) is 0 Å². The fraction of sp³-hybridized carbons (Fsp3) is 0.333. The van der Waals surface area contributed by atoms with Gasteiger partial charge in [-0.1, -0.05) is 12.1 Å². The van der Waals surface area contributed by atoms with Crippen LogP contribution in [0.5, 0.6) is 0 Å². The zero-order valence-electron chi connectivity index (χ0n) is 13.5. The molecule has 4 nitrogen and oxygen atoms in total. The largest absolute Gasteiger partial charge is 0.396 e. The molecule has 1 fully saturated rings. The molecule has 0 spiro atoms. The van der Waals surface area contributed by atoms with Gasteiger partial charge < -0.3 is 5.11 Å². The molecule has 2 atom stereocenters. The van der Waals surface area contributed by atoms with Crippen molar-refractivity contribution in [2.75, 3.05) is 6.61 Å². The van der Waals surface area contributed by atoms with Gasteiger partial charge in [-0.25, -0.2) is 21.9 Å². The van der Waals surface area contributed by atoms with Gasteiger partial charge in [-0.05, 0) is 55.0 Å². The summed E-state index contributed by atoms with van der Waals surface area (Å²) in [7, 11) is -3.68. The molecule has 2 aromatic carbocycles. The zero-order chi connectivity index (χ0) is 18.0. The van der Waals surface area contributed by atoms with E-state index >= 15 is 0 Å². The number of aliphatic hydroxyl groups is 1. The molecule has 1 aliphatic rings. The van der Waals surface area contributed by atoms with Gasteiger partial charge >= 0.3 is 0 Å². The predicted molar refractivity (Wildman–Crippen MR) is 90.3 cm³/mol. The highest BCUT2D eigenvalue weighted by molar-refractivity contribution is 7.89. The number of hydrogen-bond acceptors (Lipinski definition) is 3. The van der Waals surface area contributed by atoms with E-state index in [0.717, 1.165) is 18.6 Å². The number of rotatable bonds is 5. The third-order valence-corrected chi connectivity index (χ3v) is 6.06. The minimum absolute atomic E-state index is 0.0656. The molecular formula is C18H19F2NO3S. The first kappa shape index (κ1) is 18.0. The summed E-state index contributed by atoms with van der Waals surface area (Å²) in [6.45, 7) is 0.0656. The summed E-state index contributed by atoms with van der Waals surface area (Å²) in [5, 5.41) is 9.15. The van der Waals surface area contributed by atoms with Crippen LogP contribution in [0.15, 0.2) is 47.4 Å². The third-order valence-electron chi connectivity index (χ3n) is 4.53. The summed E-state index contributed by atoms with van der Waals surface area (Å²) in [4.78, 5) is 0.0891. The minimum Gasteiger partial charge on any atom is -0.396 e. The highest BCUT2D eigenvalue weighted by Gasteiger charge is 2.28. The lowest BCUT2D eigenvalue weighted by Crippen LogP contribution is -2.33. The standard InChI is InChI=1S/C18H19F2NO3S/c19-14-4-8-17(18(20)10-14)13-2-6-16(7-3-13)25(23,24)21-15-5-1-12(9-15)11-22/h2-4,6-8,10,12,15,21-22H,1,5,9,11H2/t12-,15-/m1/s1. The van der Waals surface area contributed by atoms with Gasteiger partial charge in [0.15, 0.2) is 0 Å².